The van der Waals surface area contributed by atoms with Gasteiger partial charge in [-0.1, -0.05) is 19.9 Å². The van der Waals surface area contributed by atoms with E-state index in [1.807, 2.05) is 28.1 Å². The third-order valence-corrected chi connectivity index (χ3v) is 5.95. The molecule has 0 saturated carbocycles. The van der Waals surface area contributed by atoms with Crippen LogP contribution in [0.2, 0.25) is 0 Å². The van der Waals surface area contributed by atoms with Gasteiger partial charge in [-0.15, -0.1) is 0 Å². The van der Waals surface area contributed by atoms with Crippen LogP contribution in [0, 0.1) is 5.92 Å². The third kappa shape index (κ3) is 5.53. The van der Waals surface area contributed by atoms with E-state index in [0.29, 0.717) is 51.4 Å². The van der Waals surface area contributed by atoms with Crippen molar-refractivity contribution in [3.8, 4) is 0 Å². The number of nitrogens with zero attached hydrogens (tertiary/aromatic N) is 3. The van der Waals surface area contributed by atoms with E-state index in [1.165, 1.54) is 0 Å². The van der Waals surface area contributed by atoms with Crippen LogP contribution in [0.25, 0.3) is 0 Å². The van der Waals surface area contributed by atoms with Crippen molar-refractivity contribution < 1.29 is 14.3 Å². The number of likely N-dealkylation sites (tertiary alicyclic amines) is 1. The van der Waals surface area contributed by atoms with Crippen LogP contribution in [0.5, 0.6) is 0 Å². The Morgan fingerprint density at radius 1 is 1.29 bits per heavy atom. The van der Waals surface area contributed by atoms with Gasteiger partial charge in [-0.3, -0.25) is 14.6 Å². The van der Waals surface area contributed by atoms with Gasteiger partial charge < -0.3 is 14.5 Å². The minimum absolute atomic E-state index is 0.178. The molecule has 28 heavy (non-hydrogen) atoms. The molecular formula is C22H33N3O3. The minimum Gasteiger partial charge on any atom is -0.372 e. The molecule has 0 unspecified atom stereocenters. The fourth-order valence-corrected chi connectivity index (χ4v) is 4.03. The second-order valence-electron chi connectivity index (χ2n) is 8.51. The first-order valence-corrected chi connectivity index (χ1v) is 10.6. The standard InChI is InChI=1S/C22H33N3O3/c1-18(2)7-11-24-14-15-28-22(16-21(24)27)8-12-25(13-9-22)20(26)6-5-19-4-3-10-23-17-19/h3-4,10,17-18H,5-9,11-16H2,1-2H3. The number of ether oxygens (including phenoxy) is 1. The summed E-state index contributed by atoms with van der Waals surface area (Å²) in [6.45, 7) is 7.80. The molecule has 2 aliphatic rings. The summed E-state index contributed by atoms with van der Waals surface area (Å²) in [5, 5.41) is 0. The van der Waals surface area contributed by atoms with Crippen molar-refractivity contribution in [3.05, 3.63) is 30.1 Å². The lowest BCUT2D eigenvalue weighted by Gasteiger charge is -2.40. The highest BCUT2D eigenvalue weighted by Crippen LogP contribution is 2.32. The lowest BCUT2D eigenvalue weighted by Crippen LogP contribution is -2.49. The predicted octanol–water partition coefficient (Wildman–Crippen LogP) is 2.67. The molecule has 2 fully saturated rings. The smallest absolute Gasteiger partial charge is 0.225 e. The van der Waals surface area contributed by atoms with Gasteiger partial charge in [-0.25, -0.2) is 0 Å². The second-order valence-corrected chi connectivity index (χ2v) is 8.51. The molecule has 1 aromatic heterocycles. The second kappa shape index (κ2) is 9.50. The zero-order valence-corrected chi connectivity index (χ0v) is 17.2. The fourth-order valence-electron chi connectivity index (χ4n) is 4.03. The van der Waals surface area contributed by atoms with Gasteiger partial charge in [0, 0.05) is 45.0 Å². The molecule has 0 N–H and O–H groups in total. The molecule has 0 radical (unpaired) electrons. The number of piperidine rings is 1. The molecular weight excluding hydrogens is 354 g/mol. The number of hydrogen-bond acceptors (Lipinski definition) is 4. The molecule has 6 heteroatoms. The van der Waals surface area contributed by atoms with Crippen LogP contribution in [-0.4, -0.2) is 65.0 Å². The number of pyridine rings is 1. The van der Waals surface area contributed by atoms with E-state index in [9.17, 15) is 9.59 Å². The van der Waals surface area contributed by atoms with Crippen molar-refractivity contribution in [1.29, 1.82) is 0 Å². The van der Waals surface area contributed by atoms with Crippen LogP contribution >= 0.6 is 0 Å². The maximum absolute atomic E-state index is 12.7. The first-order valence-electron chi connectivity index (χ1n) is 10.6. The van der Waals surface area contributed by atoms with Gasteiger partial charge in [-0.05, 0) is 43.2 Å². The first kappa shape index (κ1) is 20.8. The van der Waals surface area contributed by atoms with Crippen LogP contribution in [0.1, 0.15) is 51.5 Å². The van der Waals surface area contributed by atoms with Crippen LogP contribution in [0.3, 0.4) is 0 Å². The summed E-state index contributed by atoms with van der Waals surface area (Å²) >= 11 is 0. The van der Waals surface area contributed by atoms with Crippen molar-refractivity contribution in [2.45, 2.75) is 58.0 Å². The molecule has 0 aromatic carbocycles. The Balaban J connectivity index is 1.48. The summed E-state index contributed by atoms with van der Waals surface area (Å²) in [5.41, 5.74) is 0.701. The van der Waals surface area contributed by atoms with Gasteiger partial charge in [0.05, 0.1) is 18.6 Å². The highest BCUT2D eigenvalue weighted by Gasteiger charge is 2.41. The molecule has 3 rings (SSSR count). The van der Waals surface area contributed by atoms with Crippen LogP contribution in [0.4, 0.5) is 0 Å². The number of aromatic nitrogens is 1. The molecule has 6 nitrogen and oxygen atoms in total. The predicted molar refractivity (Wildman–Crippen MR) is 108 cm³/mol. The molecule has 1 spiro atoms. The highest BCUT2D eigenvalue weighted by atomic mass is 16.5. The Morgan fingerprint density at radius 3 is 2.75 bits per heavy atom. The van der Waals surface area contributed by atoms with Crippen LogP contribution in [-0.2, 0) is 20.7 Å². The SMILES string of the molecule is CC(C)CCN1CCOC2(CCN(C(=O)CCc3cccnc3)CC2)CC1=O. The van der Waals surface area contributed by atoms with E-state index in [-0.39, 0.29) is 17.4 Å². The Hall–Kier alpha value is -1.95. The molecule has 3 heterocycles. The average molecular weight is 388 g/mol. The van der Waals surface area contributed by atoms with E-state index in [0.717, 1.165) is 31.4 Å². The maximum Gasteiger partial charge on any atom is 0.225 e. The lowest BCUT2D eigenvalue weighted by atomic mass is 9.87. The highest BCUT2D eigenvalue weighted by molar-refractivity contribution is 5.78. The van der Waals surface area contributed by atoms with E-state index < -0.39 is 0 Å². The van der Waals surface area contributed by atoms with E-state index in [1.54, 1.807) is 6.20 Å². The van der Waals surface area contributed by atoms with Gasteiger partial charge in [0.25, 0.3) is 0 Å². The van der Waals surface area contributed by atoms with Crippen molar-refractivity contribution in [3.63, 3.8) is 0 Å². The van der Waals surface area contributed by atoms with Gasteiger partial charge in [0.1, 0.15) is 0 Å². The van der Waals surface area contributed by atoms with Crippen molar-refractivity contribution in [2.75, 3.05) is 32.8 Å². The summed E-state index contributed by atoms with van der Waals surface area (Å²) in [7, 11) is 0. The minimum atomic E-state index is -0.385. The molecule has 154 valence electrons. The number of hydrogen-bond donors (Lipinski definition) is 0. The monoisotopic (exact) mass is 387 g/mol. The topological polar surface area (TPSA) is 62.7 Å². The van der Waals surface area contributed by atoms with E-state index in [4.69, 9.17) is 4.74 Å². The maximum atomic E-state index is 12.7. The molecule has 2 saturated heterocycles. The largest absolute Gasteiger partial charge is 0.372 e. The van der Waals surface area contributed by atoms with Crippen molar-refractivity contribution in [2.24, 2.45) is 5.92 Å². The number of carbonyl (C=O) groups excluding carboxylic acids is 2. The molecule has 1 aromatic rings. The van der Waals surface area contributed by atoms with E-state index >= 15 is 0 Å². The summed E-state index contributed by atoms with van der Waals surface area (Å²) in [6.07, 6.45) is 7.74. The Morgan fingerprint density at radius 2 is 2.07 bits per heavy atom. The molecule has 2 aliphatic heterocycles. The Labute approximate surface area is 168 Å². The molecule has 0 aliphatic carbocycles. The third-order valence-electron chi connectivity index (χ3n) is 5.95. The molecule has 0 bridgehead atoms. The normalized spacial score (nSPS) is 19.9. The number of carbonyl (C=O) groups is 2. The first-order chi connectivity index (χ1) is 13.5. The van der Waals surface area contributed by atoms with Crippen LogP contribution < -0.4 is 0 Å². The number of aryl methyl sites for hydroxylation is 1. The van der Waals surface area contributed by atoms with Crippen LogP contribution in [0.15, 0.2) is 24.5 Å². The fraction of sp³-hybridized carbons (Fsp3) is 0.682. The zero-order valence-electron chi connectivity index (χ0n) is 17.2. The van der Waals surface area contributed by atoms with Gasteiger partial charge >= 0.3 is 0 Å². The molecule has 0 atom stereocenters. The number of amides is 2. The summed E-state index contributed by atoms with van der Waals surface area (Å²) in [5.74, 6) is 0.971. The van der Waals surface area contributed by atoms with Gasteiger partial charge in [0.15, 0.2) is 0 Å². The van der Waals surface area contributed by atoms with E-state index in [2.05, 4.69) is 18.8 Å². The lowest BCUT2D eigenvalue weighted by molar-refractivity contribution is -0.141. The average Bonchev–Trinajstić information content (AvgIpc) is 2.84. The van der Waals surface area contributed by atoms with Gasteiger partial charge in [-0.2, -0.15) is 0 Å². The number of rotatable bonds is 6. The Bertz CT molecular complexity index is 654. The summed E-state index contributed by atoms with van der Waals surface area (Å²) < 4.78 is 6.19. The quantitative estimate of drug-likeness (QED) is 0.753. The molecule has 2 amide bonds. The summed E-state index contributed by atoms with van der Waals surface area (Å²) in [6, 6.07) is 3.90. The van der Waals surface area contributed by atoms with Gasteiger partial charge in [0.2, 0.25) is 11.8 Å². The van der Waals surface area contributed by atoms with Crippen molar-refractivity contribution >= 4 is 11.8 Å². The zero-order chi connectivity index (χ0) is 20.0. The Kier molecular flexibility index (Phi) is 7.05. The summed E-state index contributed by atoms with van der Waals surface area (Å²) in [4.78, 5) is 33.3. The van der Waals surface area contributed by atoms with Crippen molar-refractivity contribution in [1.82, 2.24) is 14.8 Å².